The van der Waals surface area contributed by atoms with Gasteiger partial charge >= 0.3 is 5.97 Å². The van der Waals surface area contributed by atoms with Crippen LogP contribution in [0.4, 0.5) is 0 Å². The first-order valence-electron chi connectivity index (χ1n) is 3.97. The van der Waals surface area contributed by atoms with Crippen LogP contribution in [0.15, 0.2) is 24.3 Å². The predicted molar refractivity (Wildman–Crippen MR) is 48.7 cm³/mol. The maximum Gasteiger partial charge on any atom is 0.323 e. The van der Waals surface area contributed by atoms with Gasteiger partial charge in [-0.25, -0.2) is 0 Å². The third-order valence-corrected chi connectivity index (χ3v) is 1.86. The van der Waals surface area contributed by atoms with Crippen molar-refractivity contribution in [2.75, 3.05) is 0 Å². The number of carbonyl (C=O) groups is 1. The van der Waals surface area contributed by atoms with E-state index in [9.17, 15) is 9.90 Å². The lowest BCUT2D eigenvalue weighted by molar-refractivity contribution is -0.141. The minimum absolute atomic E-state index is 0.0462. The zero-order chi connectivity index (χ0) is 10.7. The highest BCUT2D eigenvalue weighted by atomic mass is 16.4. The lowest BCUT2D eigenvalue weighted by Gasteiger charge is -2.14. The zero-order valence-electron chi connectivity index (χ0n) is 7.29. The molecule has 0 saturated heterocycles. The number of aromatic hydroxyl groups is 1. The maximum atomic E-state index is 10.4. The quantitative estimate of drug-likeness (QED) is 0.539. The molecule has 0 amide bonds. The molecule has 0 radical (unpaired) electrons. The smallest absolute Gasteiger partial charge is 0.323 e. The Morgan fingerprint density at radius 3 is 2.21 bits per heavy atom. The van der Waals surface area contributed by atoms with E-state index in [2.05, 4.69) is 0 Å². The molecule has 0 bridgehead atoms. The van der Waals surface area contributed by atoms with Gasteiger partial charge in [-0.1, -0.05) is 12.1 Å². The van der Waals surface area contributed by atoms with Crippen molar-refractivity contribution in [3.8, 4) is 5.75 Å². The van der Waals surface area contributed by atoms with Crippen LogP contribution in [-0.4, -0.2) is 27.3 Å². The summed E-state index contributed by atoms with van der Waals surface area (Å²) in [5.74, 6) is -1.23. The number of aliphatic hydroxyl groups excluding tert-OH is 1. The molecule has 0 saturated carbocycles. The van der Waals surface area contributed by atoms with E-state index in [1.807, 2.05) is 0 Å². The van der Waals surface area contributed by atoms with E-state index in [0.717, 1.165) is 0 Å². The van der Waals surface area contributed by atoms with Crippen molar-refractivity contribution in [2.45, 2.75) is 12.1 Å². The molecule has 1 aromatic rings. The summed E-state index contributed by atoms with van der Waals surface area (Å²) in [6.07, 6.45) is -1.27. The number of aliphatic carboxylic acids is 1. The number of benzene rings is 1. The van der Waals surface area contributed by atoms with Gasteiger partial charge in [0.1, 0.15) is 17.9 Å². The van der Waals surface area contributed by atoms with E-state index >= 15 is 0 Å². The lowest BCUT2D eigenvalue weighted by Crippen LogP contribution is -2.36. The summed E-state index contributed by atoms with van der Waals surface area (Å²) in [4.78, 5) is 10.4. The summed E-state index contributed by atoms with van der Waals surface area (Å²) in [6.45, 7) is 0. The van der Waals surface area contributed by atoms with E-state index in [0.29, 0.717) is 5.56 Å². The molecule has 5 heteroatoms. The van der Waals surface area contributed by atoms with Crippen molar-refractivity contribution in [3.05, 3.63) is 29.8 Å². The van der Waals surface area contributed by atoms with Gasteiger partial charge in [0.2, 0.25) is 0 Å². The monoisotopic (exact) mass is 197 g/mol. The summed E-state index contributed by atoms with van der Waals surface area (Å²) in [7, 11) is 0. The summed E-state index contributed by atoms with van der Waals surface area (Å²) in [5, 5.41) is 27.0. The summed E-state index contributed by atoms with van der Waals surface area (Å²) < 4.78 is 0. The molecule has 0 aromatic heterocycles. The molecule has 0 fully saturated rings. The largest absolute Gasteiger partial charge is 0.508 e. The normalized spacial score (nSPS) is 14.7. The van der Waals surface area contributed by atoms with Crippen molar-refractivity contribution >= 4 is 5.97 Å². The van der Waals surface area contributed by atoms with Crippen molar-refractivity contribution < 1.29 is 20.1 Å². The summed E-state index contributed by atoms with van der Waals surface area (Å²) >= 11 is 0. The Morgan fingerprint density at radius 2 is 1.79 bits per heavy atom. The lowest BCUT2D eigenvalue weighted by atomic mass is 10.0. The van der Waals surface area contributed by atoms with Crippen molar-refractivity contribution in [1.82, 2.24) is 0 Å². The topological polar surface area (TPSA) is 104 Å². The van der Waals surface area contributed by atoms with E-state index in [4.69, 9.17) is 15.9 Å². The number of nitrogens with two attached hydrogens (primary N) is 1. The first-order valence-corrected chi connectivity index (χ1v) is 3.97. The fourth-order valence-corrected chi connectivity index (χ4v) is 1.01. The minimum atomic E-state index is -1.36. The highest BCUT2D eigenvalue weighted by Gasteiger charge is 2.23. The molecule has 0 heterocycles. The summed E-state index contributed by atoms with van der Waals surface area (Å²) in [6, 6.07) is 4.19. The second-order valence-electron chi connectivity index (χ2n) is 2.90. The molecule has 14 heavy (non-hydrogen) atoms. The fraction of sp³-hybridized carbons (Fsp3) is 0.222. The fourth-order valence-electron chi connectivity index (χ4n) is 1.01. The number of hydrogen-bond donors (Lipinski definition) is 4. The van der Waals surface area contributed by atoms with Gasteiger partial charge in [0.25, 0.3) is 0 Å². The first-order chi connectivity index (χ1) is 6.52. The Balaban J connectivity index is 2.84. The second kappa shape index (κ2) is 4.08. The molecular weight excluding hydrogens is 186 g/mol. The van der Waals surface area contributed by atoms with Gasteiger partial charge in [-0.15, -0.1) is 0 Å². The van der Waals surface area contributed by atoms with E-state index in [-0.39, 0.29) is 5.75 Å². The maximum absolute atomic E-state index is 10.4. The van der Waals surface area contributed by atoms with Crippen LogP contribution >= 0.6 is 0 Å². The number of carboxylic acids is 1. The predicted octanol–water partition coefficient (Wildman–Crippen LogP) is -0.163. The average Bonchev–Trinajstić information content (AvgIpc) is 2.16. The molecule has 0 aliphatic rings. The van der Waals surface area contributed by atoms with Crippen molar-refractivity contribution in [1.29, 1.82) is 0 Å². The molecule has 1 unspecified atom stereocenters. The Hall–Kier alpha value is -1.59. The molecule has 1 rings (SSSR count). The van der Waals surface area contributed by atoms with Gasteiger partial charge in [-0.2, -0.15) is 0 Å². The van der Waals surface area contributed by atoms with Crippen LogP contribution in [0.5, 0.6) is 5.75 Å². The number of phenols is 1. The number of hydrogen-bond acceptors (Lipinski definition) is 4. The SMILES string of the molecule is N[C@H](C(=O)O)C(O)c1ccc(O)cc1. The zero-order valence-corrected chi connectivity index (χ0v) is 7.29. The van der Waals surface area contributed by atoms with Gasteiger partial charge in [0, 0.05) is 0 Å². The molecule has 2 atom stereocenters. The molecule has 5 N–H and O–H groups in total. The number of phenolic OH excluding ortho intramolecular Hbond substituents is 1. The number of aliphatic hydroxyl groups is 1. The van der Waals surface area contributed by atoms with Crippen LogP contribution in [0.25, 0.3) is 0 Å². The third kappa shape index (κ3) is 2.21. The van der Waals surface area contributed by atoms with Crippen LogP contribution in [0.2, 0.25) is 0 Å². The van der Waals surface area contributed by atoms with Gasteiger partial charge in [0.05, 0.1) is 0 Å². The molecule has 1 aromatic carbocycles. The standard InChI is InChI=1S/C9H11NO4/c10-7(9(13)14)8(12)5-1-3-6(11)4-2-5/h1-4,7-8,11-12H,10H2,(H,13,14)/t7-,8?/m0/s1. The van der Waals surface area contributed by atoms with Crippen LogP contribution in [0, 0.1) is 0 Å². The van der Waals surface area contributed by atoms with Crippen LogP contribution in [-0.2, 0) is 4.79 Å². The van der Waals surface area contributed by atoms with Gasteiger partial charge in [0.15, 0.2) is 0 Å². The number of rotatable bonds is 3. The molecule has 0 aliphatic heterocycles. The average molecular weight is 197 g/mol. The summed E-state index contributed by atoms with van der Waals surface area (Å²) in [5.41, 5.74) is 5.58. The highest BCUT2D eigenvalue weighted by Crippen LogP contribution is 2.18. The molecular formula is C9H11NO4. The van der Waals surface area contributed by atoms with E-state index in [1.54, 1.807) is 0 Å². The second-order valence-corrected chi connectivity index (χ2v) is 2.90. The Morgan fingerprint density at radius 1 is 1.29 bits per heavy atom. The van der Waals surface area contributed by atoms with Gasteiger partial charge < -0.3 is 21.1 Å². The minimum Gasteiger partial charge on any atom is -0.508 e. The number of carboxylic acid groups (broad SMARTS) is 1. The van der Waals surface area contributed by atoms with Gasteiger partial charge in [-0.3, -0.25) is 4.79 Å². The van der Waals surface area contributed by atoms with Crippen LogP contribution in [0.3, 0.4) is 0 Å². The van der Waals surface area contributed by atoms with Crippen molar-refractivity contribution in [2.24, 2.45) is 5.73 Å². The van der Waals surface area contributed by atoms with E-state index in [1.165, 1.54) is 24.3 Å². The van der Waals surface area contributed by atoms with E-state index < -0.39 is 18.1 Å². The van der Waals surface area contributed by atoms with Crippen molar-refractivity contribution in [3.63, 3.8) is 0 Å². The Kier molecular flexibility index (Phi) is 3.06. The highest BCUT2D eigenvalue weighted by molar-refractivity contribution is 5.74. The molecule has 5 nitrogen and oxygen atoms in total. The Bertz CT molecular complexity index is 322. The van der Waals surface area contributed by atoms with Crippen LogP contribution in [0.1, 0.15) is 11.7 Å². The van der Waals surface area contributed by atoms with Crippen LogP contribution < -0.4 is 5.73 Å². The third-order valence-electron chi connectivity index (χ3n) is 1.86. The molecule has 0 aliphatic carbocycles. The molecule has 0 spiro atoms. The first kappa shape index (κ1) is 10.5. The Labute approximate surface area is 80.4 Å². The van der Waals surface area contributed by atoms with Gasteiger partial charge in [-0.05, 0) is 17.7 Å². The molecule has 76 valence electrons.